The summed E-state index contributed by atoms with van der Waals surface area (Å²) in [4.78, 5) is 4.99. The van der Waals surface area contributed by atoms with Crippen LogP contribution in [-0.2, 0) is 16.2 Å². The fraction of sp³-hybridized carbons (Fsp3) is 0.108. The summed E-state index contributed by atoms with van der Waals surface area (Å²) in [7, 11) is 0. The monoisotopic (exact) mass is 1090 g/mol. The minimum absolute atomic E-state index is 0.102. The average Bonchev–Trinajstić information content (AvgIpc) is 1.58. The van der Waals surface area contributed by atoms with Gasteiger partial charge in [-0.05, 0) is 154 Å². The second kappa shape index (κ2) is 21.3. The molecule has 0 spiro atoms. The third-order valence-electron chi connectivity index (χ3n) is 17.5. The summed E-state index contributed by atoms with van der Waals surface area (Å²) in [6, 6.07) is 113. The van der Waals surface area contributed by atoms with Gasteiger partial charge in [-0.1, -0.05) is 290 Å². The van der Waals surface area contributed by atoms with Gasteiger partial charge in [0.1, 0.15) is 0 Å². The summed E-state index contributed by atoms with van der Waals surface area (Å²) in [5.41, 5.74) is 22.7. The zero-order valence-electron chi connectivity index (χ0n) is 49.3. The molecular weight excluding hydrogens is 1020 g/mol. The summed E-state index contributed by atoms with van der Waals surface area (Å²) < 4.78 is 0. The van der Waals surface area contributed by atoms with Crippen LogP contribution in [0.1, 0.15) is 74.9 Å². The third-order valence-corrected chi connectivity index (χ3v) is 17.5. The van der Waals surface area contributed by atoms with E-state index < -0.39 is 5.41 Å². The van der Waals surface area contributed by atoms with Crippen LogP contribution in [0.4, 0.5) is 34.1 Å². The summed E-state index contributed by atoms with van der Waals surface area (Å²) in [6.45, 7) is 14.3. The van der Waals surface area contributed by atoms with E-state index in [0.717, 1.165) is 39.7 Å². The first kappa shape index (κ1) is 53.0. The largest absolute Gasteiger partial charge is 0.310 e. The van der Waals surface area contributed by atoms with Gasteiger partial charge in [-0.25, -0.2) is 0 Å². The number of hydrogen-bond donors (Lipinski definition) is 0. The van der Waals surface area contributed by atoms with Crippen LogP contribution in [0.15, 0.2) is 303 Å². The second-order valence-corrected chi connectivity index (χ2v) is 24.9. The molecule has 0 amide bonds. The lowest BCUT2D eigenvalue weighted by Gasteiger charge is -2.39. The topological polar surface area (TPSA) is 6.48 Å². The SMILES string of the molecule is CC(C)(C)c1cc2c(c(C(C)(C)C)c1)C(c1ccccc1)(c1ccccc1)c1c(-c3cc(N(c4ccc(-c5ccccc5)cc4)c4cccc5ccccc45)cc(N(c4ccc(-c5ccccc5)cc4)c4cccc5ccccc45)c3)cccc1-2. The first-order valence-corrected chi connectivity index (χ1v) is 29.9. The quantitative estimate of drug-likeness (QED) is 0.127. The van der Waals surface area contributed by atoms with Gasteiger partial charge in [0.15, 0.2) is 0 Å². The van der Waals surface area contributed by atoms with Crippen molar-refractivity contribution in [3.05, 3.63) is 337 Å². The number of fused-ring (bicyclic) bond motifs is 5. The Morgan fingerprint density at radius 3 is 1.13 bits per heavy atom. The Kier molecular flexibility index (Phi) is 13.3. The van der Waals surface area contributed by atoms with Gasteiger partial charge >= 0.3 is 0 Å². The predicted molar refractivity (Wildman–Crippen MR) is 362 cm³/mol. The third kappa shape index (κ3) is 9.40. The molecule has 2 nitrogen and oxygen atoms in total. The normalized spacial score (nSPS) is 12.7. The number of rotatable bonds is 11. The van der Waals surface area contributed by atoms with Crippen LogP contribution in [0, 0.1) is 0 Å². The van der Waals surface area contributed by atoms with Gasteiger partial charge in [0, 0.05) is 33.5 Å². The molecule has 85 heavy (non-hydrogen) atoms. The highest BCUT2D eigenvalue weighted by molar-refractivity contribution is 6.03. The van der Waals surface area contributed by atoms with E-state index in [4.69, 9.17) is 0 Å². The van der Waals surface area contributed by atoms with E-state index in [1.165, 1.54) is 93.9 Å². The Morgan fingerprint density at radius 1 is 0.271 bits per heavy atom. The van der Waals surface area contributed by atoms with Gasteiger partial charge < -0.3 is 9.80 Å². The van der Waals surface area contributed by atoms with Crippen molar-refractivity contribution in [3.8, 4) is 44.5 Å². The van der Waals surface area contributed by atoms with Gasteiger partial charge in [-0.2, -0.15) is 0 Å². The molecule has 0 saturated carbocycles. The molecule has 0 aromatic heterocycles. The number of hydrogen-bond acceptors (Lipinski definition) is 2. The molecule has 1 aliphatic carbocycles. The maximum atomic E-state index is 2.54. The number of benzene rings is 13. The van der Waals surface area contributed by atoms with Crippen LogP contribution in [0.5, 0.6) is 0 Å². The Balaban J connectivity index is 1.12. The molecule has 410 valence electrons. The molecule has 2 heteroatoms. The lowest BCUT2D eigenvalue weighted by molar-refractivity contribution is 0.557. The van der Waals surface area contributed by atoms with E-state index in [9.17, 15) is 0 Å². The summed E-state index contributed by atoms with van der Waals surface area (Å²) in [5, 5.41) is 4.69. The van der Waals surface area contributed by atoms with E-state index >= 15 is 0 Å². The maximum Gasteiger partial charge on any atom is 0.0722 e. The van der Waals surface area contributed by atoms with Crippen LogP contribution in [0.2, 0.25) is 0 Å². The van der Waals surface area contributed by atoms with E-state index in [1.54, 1.807) is 0 Å². The van der Waals surface area contributed by atoms with Gasteiger partial charge in [-0.15, -0.1) is 0 Å². The van der Waals surface area contributed by atoms with Gasteiger partial charge in [0.2, 0.25) is 0 Å². The van der Waals surface area contributed by atoms with Crippen molar-refractivity contribution in [1.82, 2.24) is 0 Å². The fourth-order valence-corrected chi connectivity index (χ4v) is 13.5. The minimum atomic E-state index is -0.718. The molecule has 0 aliphatic heterocycles. The molecule has 0 atom stereocenters. The highest BCUT2D eigenvalue weighted by atomic mass is 15.2. The van der Waals surface area contributed by atoms with E-state index in [-0.39, 0.29) is 10.8 Å². The first-order chi connectivity index (χ1) is 41.4. The minimum Gasteiger partial charge on any atom is -0.310 e. The molecule has 0 unspecified atom stereocenters. The van der Waals surface area contributed by atoms with Crippen LogP contribution in [0.3, 0.4) is 0 Å². The van der Waals surface area contributed by atoms with Crippen molar-refractivity contribution in [2.75, 3.05) is 9.80 Å². The van der Waals surface area contributed by atoms with E-state index in [2.05, 4.69) is 355 Å². The molecule has 1 aliphatic rings. The Labute approximate surface area is 501 Å². The van der Waals surface area contributed by atoms with Gasteiger partial charge in [0.05, 0.1) is 16.8 Å². The lowest BCUT2D eigenvalue weighted by Crippen LogP contribution is -2.33. The highest BCUT2D eigenvalue weighted by Gasteiger charge is 2.50. The van der Waals surface area contributed by atoms with Crippen LogP contribution < -0.4 is 9.80 Å². The molecule has 13 aromatic rings. The van der Waals surface area contributed by atoms with Crippen molar-refractivity contribution in [2.24, 2.45) is 0 Å². The molecule has 0 radical (unpaired) electrons. The molecule has 14 rings (SSSR count). The first-order valence-electron chi connectivity index (χ1n) is 29.9. The molecule has 0 heterocycles. The maximum absolute atomic E-state index is 2.54. The number of anilines is 6. The Morgan fingerprint density at radius 2 is 0.671 bits per heavy atom. The molecule has 0 saturated heterocycles. The van der Waals surface area contributed by atoms with Crippen LogP contribution in [0.25, 0.3) is 66.1 Å². The zero-order valence-corrected chi connectivity index (χ0v) is 49.3. The average molecular weight is 1090 g/mol. The second-order valence-electron chi connectivity index (χ2n) is 24.9. The number of nitrogens with zero attached hydrogens (tertiary/aromatic N) is 2. The Bertz CT molecular complexity index is 4340. The zero-order chi connectivity index (χ0) is 57.9. The smallest absolute Gasteiger partial charge is 0.0722 e. The van der Waals surface area contributed by atoms with Gasteiger partial charge in [-0.3, -0.25) is 0 Å². The summed E-state index contributed by atoms with van der Waals surface area (Å²) in [6.07, 6.45) is 0. The molecule has 0 bridgehead atoms. The van der Waals surface area contributed by atoms with Crippen molar-refractivity contribution >= 4 is 55.7 Å². The van der Waals surface area contributed by atoms with E-state index in [1.807, 2.05) is 0 Å². The van der Waals surface area contributed by atoms with Crippen LogP contribution >= 0.6 is 0 Å². The van der Waals surface area contributed by atoms with Crippen molar-refractivity contribution in [2.45, 2.75) is 57.8 Å². The van der Waals surface area contributed by atoms with E-state index in [0.29, 0.717) is 0 Å². The van der Waals surface area contributed by atoms with Crippen molar-refractivity contribution in [1.29, 1.82) is 0 Å². The fourth-order valence-electron chi connectivity index (χ4n) is 13.5. The standard InChI is InChI=1S/C83H68N2/c1-81(2,3)66-54-75-74-41-25-40-73(79(74)83(64-34-15-9-16-35-64,65-36-17-10-18-37-65)80(75)76(55-66)82(4,5)6)63-52-69(84(77-42-23-32-61-30-19-21-38-71(61)77)67-48-44-59(45-49-67)57-26-11-7-12-27-57)56-70(53-63)85(78-43-24-33-62-31-20-22-39-72(62)78)68-50-46-60(47-51-68)58-28-13-8-14-29-58/h7-56H,1-6H3. The van der Waals surface area contributed by atoms with Crippen molar-refractivity contribution < 1.29 is 0 Å². The Hall–Kier alpha value is -10.0. The highest BCUT2D eigenvalue weighted by Crippen LogP contribution is 2.62. The van der Waals surface area contributed by atoms with Crippen LogP contribution in [-0.4, -0.2) is 0 Å². The van der Waals surface area contributed by atoms with Crippen molar-refractivity contribution in [3.63, 3.8) is 0 Å². The molecule has 0 N–H and O–H groups in total. The predicted octanol–water partition coefficient (Wildman–Crippen LogP) is 22.9. The molecular formula is C83H68N2. The molecule has 0 fully saturated rings. The summed E-state index contributed by atoms with van der Waals surface area (Å²) in [5.74, 6) is 0. The lowest BCUT2D eigenvalue weighted by atomic mass is 9.62. The summed E-state index contributed by atoms with van der Waals surface area (Å²) >= 11 is 0. The van der Waals surface area contributed by atoms with Gasteiger partial charge in [0.25, 0.3) is 0 Å². The molecule has 13 aromatic carbocycles.